The van der Waals surface area contributed by atoms with Gasteiger partial charge < -0.3 is 10.4 Å². The standard InChI is InChI=1S/C14H20N2O3S2/c1-9-4-2-3-5-11(9)16-12(17)8-21-14-15-10(7-20-14)6-13(18)19/h7,9,11H,2-6,8H2,1H3,(H,16,17)(H,18,19). The van der Waals surface area contributed by atoms with Gasteiger partial charge in [-0.1, -0.05) is 31.5 Å². The number of rotatable bonds is 6. The Hall–Kier alpha value is -1.08. The van der Waals surface area contributed by atoms with Crippen molar-refractivity contribution in [2.75, 3.05) is 5.75 Å². The van der Waals surface area contributed by atoms with Gasteiger partial charge in [-0.05, 0) is 18.8 Å². The van der Waals surface area contributed by atoms with Gasteiger partial charge in [-0.15, -0.1) is 11.3 Å². The zero-order valence-electron chi connectivity index (χ0n) is 12.0. The topological polar surface area (TPSA) is 79.3 Å². The molecule has 21 heavy (non-hydrogen) atoms. The smallest absolute Gasteiger partial charge is 0.309 e. The molecule has 1 aliphatic carbocycles. The first-order valence-corrected chi connectivity index (χ1v) is 8.99. The molecule has 2 atom stereocenters. The Morgan fingerprint density at radius 1 is 1.48 bits per heavy atom. The Morgan fingerprint density at radius 3 is 2.95 bits per heavy atom. The SMILES string of the molecule is CC1CCCCC1NC(=O)CSc1nc(CC(=O)O)cs1. The van der Waals surface area contributed by atoms with Gasteiger partial charge in [0.25, 0.3) is 0 Å². The summed E-state index contributed by atoms with van der Waals surface area (Å²) < 4.78 is 0.748. The lowest BCUT2D eigenvalue weighted by Crippen LogP contribution is -2.41. The van der Waals surface area contributed by atoms with Crippen LogP contribution in [-0.2, 0) is 16.0 Å². The molecule has 0 aromatic carbocycles. The molecule has 1 aromatic rings. The molecular weight excluding hydrogens is 308 g/mol. The van der Waals surface area contributed by atoms with Crippen molar-refractivity contribution in [1.82, 2.24) is 10.3 Å². The van der Waals surface area contributed by atoms with Gasteiger partial charge >= 0.3 is 5.97 Å². The number of aliphatic carboxylic acids is 1. The molecule has 7 heteroatoms. The van der Waals surface area contributed by atoms with E-state index in [2.05, 4.69) is 17.2 Å². The van der Waals surface area contributed by atoms with Crippen LogP contribution in [0.2, 0.25) is 0 Å². The number of aromatic nitrogens is 1. The predicted molar refractivity (Wildman–Crippen MR) is 83.7 cm³/mol. The van der Waals surface area contributed by atoms with Gasteiger partial charge in [-0.3, -0.25) is 9.59 Å². The van der Waals surface area contributed by atoms with Crippen molar-refractivity contribution in [1.29, 1.82) is 0 Å². The number of amides is 1. The van der Waals surface area contributed by atoms with Crippen molar-refractivity contribution in [2.45, 2.75) is 49.4 Å². The molecule has 1 amide bonds. The van der Waals surface area contributed by atoms with E-state index in [0.29, 0.717) is 23.4 Å². The van der Waals surface area contributed by atoms with Gasteiger partial charge in [0.1, 0.15) is 0 Å². The zero-order valence-corrected chi connectivity index (χ0v) is 13.6. The summed E-state index contributed by atoms with van der Waals surface area (Å²) in [6, 6.07) is 0.297. The number of nitrogens with zero attached hydrogens (tertiary/aromatic N) is 1. The highest BCUT2D eigenvalue weighted by atomic mass is 32.2. The summed E-state index contributed by atoms with van der Waals surface area (Å²) in [4.78, 5) is 26.8. The number of hydrogen-bond donors (Lipinski definition) is 2. The van der Waals surface area contributed by atoms with Gasteiger partial charge in [0.15, 0.2) is 4.34 Å². The summed E-state index contributed by atoms with van der Waals surface area (Å²) in [6.07, 6.45) is 4.63. The second kappa shape index (κ2) is 7.79. The molecule has 0 bridgehead atoms. The highest BCUT2D eigenvalue weighted by molar-refractivity contribution is 8.01. The van der Waals surface area contributed by atoms with E-state index in [0.717, 1.165) is 10.8 Å². The van der Waals surface area contributed by atoms with E-state index in [1.54, 1.807) is 5.38 Å². The summed E-state index contributed by atoms with van der Waals surface area (Å²) in [5.74, 6) is 0.0350. The van der Waals surface area contributed by atoms with Gasteiger partial charge in [0.2, 0.25) is 5.91 Å². The Labute approximate surface area is 132 Å². The summed E-state index contributed by atoms with van der Waals surface area (Å²) in [5, 5.41) is 13.5. The minimum atomic E-state index is -0.888. The van der Waals surface area contributed by atoms with Crippen LogP contribution in [0.4, 0.5) is 0 Å². The zero-order chi connectivity index (χ0) is 15.2. The molecule has 1 heterocycles. The molecule has 5 nitrogen and oxygen atoms in total. The maximum Gasteiger partial charge on any atom is 0.309 e. The minimum absolute atomic E-state index is 0.0359. The average Bonchev–Trinajstić information content (AvgIpc) is 2.86. The predicted octanol–water partition coefficient (Wildman–Crippen LogP) is 2.56. The highest BCUT2D eigenvalue weighted by Gasteiger charge is 2.22. The second-order valence-corrected chi connectivity index (χ2v) is 7.48. The third-order valence-corrected chi connectivity index (χ3v) is 5.72. The summed E-state index contributed by atoms with van der Waals surface area (Å²) in [7, 11) is 0. The van der Waals surface area contributed by atoms with Gasteiger partial charge in [-0.25, -0.2) is 4.98 Å². The van der Waals surface area contributed by atoms with Gasteiger partial charge in [0.05, 0.1) is 17.9 Å². The monoisotopic (exact) mass is 328 g/mol. The van der Waals surface area contributed by atoms with Crippen molar-refractivity contribution < 1.29 is 14.7 Å². The molecule has 1 saturated carbocycles. The normalized spacial score (nSPS) is 22.0. The Kier molecular flexibility index (Phi) is 6.05. The number of hydrogen-bond acceptors (Lipinski definition) is 5. The van der Waals surface area contributed by atoms with Gasteiger partial charge in [0, 0.05) is 11.4 Å². The van der Waals surface area contributed by atoms with E-state index in [4.69, 9.17) is 5.11 Å². The van der Waals surface area contributed by atoms with Crippen LogP contribution in [0.15, 0.2) is 9.72 Å². The first-order valence-electron chi connectivity index (χ1n) is 7.13. The fourth-order valence-electron chi connectivity index (χ4n) is 2.50. The largest absolute Gasteiger partial charge is 0.481 e. The maximum absolute atomic E-state index is 12.0. The van der Waals surface area contributed by atoms with Crippen molar-refractivity contribution in [3.05, 3.63) is 11.1 Å². The van der Waals surface area contributed by atoms with Crippen LogP contribution in [0.25, 0.3) is 0 Å². The Bertz CT molecular complexity index is 504. The van der Waals surface area contributed by atoms with E-state index in [1.807, 2.05) is 0 Å². The van der Waals surface area contributed by atoms with Crippen LogP contribution in [0.1, 0.15) is 38.3 Å². The Morgan fingerprint density at radius 2 is 2.24 bits per heavy atom. The number of thioether (sulfide) groups is 1. The summed E-state index contributed by atoms with van der Waals surface area (Å²) in [6.45, 7) is 2.19. The lowest BCUT2D eigenvalue weighted by atomic mass is 9.86. The molecule has 116 valence electrons. The van der Waals surface area contributed by atoms with Crippen LogP contribution >= 0.6 is 23.1 Å². The van der Waals surface area contributed by atoms with Crippen LogP contribution < -0.4 is 5.32 Å². The lowest BCUT2D eigenvalue weighted by Gasteiger charge is -2.29. The van der Waals surface area contributed by atoms with E-state index < -0.39 is 5.97 Å². The summed E-state index contributed by atoms with van der Waals surface area (Å²) >= 11 is 2.76. The molecule has 0 saturated heterocycles. The van der Waals surface area contributed by atoms with Gasteiger partial charge in [-0.2, -0.15) is 0 Å². The number of carboxylic acids is 1. The molecule has 0 spiro atoms. The number of carbonyl (C=O) groups excluding carboxylic acids is 1. The lowest BCUT2D eigenvalue weighted by molar-refractivity contribution is -0.136. The number of carbonyl (C=O) groups is 2. The molecule has 1 fully saturated rings. The van der Waals surface area contributed by atoms with Crippen LogP contribution in [0.3, 0.4) is 0 Å². The van der Waals surface area contributed by atoms with Crippen molar-refractivity contribution in [3.63, 3.8) is 0 Å². The molecule has 0 radical (unpaired) electrons. The van der Waals surface area contributed by atoms with Crippen molar-refractivity contribution in [3.8, 4) is 0 Å². The van der Waals surface area contributed by atoms with E-state index in [1.165, 1.54) is 42.4 Å². The maximum atomic E-state index is 12.0. The molecule has 2 N–H and O–H groups in total. The molecule has 1 aromatic heterocycles. The van der Waals surface area contributed by atoms with E-state index >= 15 is 0 Å². The molecule has 1 aliphatic rings. The van der Waals surface area contributed by atoms with Crippen molar-refractivity contribution in [2.24, 2.45) is 5.92 Å². The minimum Gasteiger partial charge on any atom is -0.481 e. The van der Waals surface area contributed by atoms with Crippen molar-refractivity contribution >= 4 is 35.0 Å². The molecule has 0 aliphatic heterocycles. The van der Waals surface area contributed by atoms with Crippen LogP contribution in [0.5, 0.6) is 0 Å². The first-order chi connectivity index (χ1) is 10.0. The fraction of sp³-hybridized carbons (Fsp3) is 0.643. The number of nitrogens with one attached hydrogen (secondary N) is 1. The third kappa shape index (κ3) is 5.32. The molecule has 2 rings (SSSR count). The highest BCUT2D eigenvalue weighted by Crippen LogP contribution is 2.25. The van der Waals surface area contributed by atoms with E-state index in [9.17, 15) is 9.59 Å². The van der Waals surface area contributed by atoms with Crippen LogP contribution in [0, 0.1) is 5.92 Å². The Balaban J connectivity index is 1.75. The molecular formula is C14H20N2O3S2. The third-order valence-electron chi connectivity index (χ3n) is 3.65. The average molecular weight is 328 g/mol. The van der Waals surface area contributed by atoms with E-state index in [-0.39, 0.29) is 12.3 Å². The first kappa shape index (κ1) is 16.3. The second-order valence-electron chi connectivity index (χ2n) is 5.40. The number of carboxylic acid groups (broad SMARTS) is 1. The number of thiazole rings is 1. The molecule has 2 unspecified atom stereocenters. The van der Waals surface area contributed by atoms with Crippen LogP contribution in [-0.4, -0.2) is 33.8 Å². The summed E-state index contributed by atoms with van der Waals surface area (Å²) in [5.41, 5.74) is 0.552. The quantitative estimate of drug-likeness (QED) is 0.785. The fourth-order valence-corrected chi connectivity index (χ4v) is 4.15.